The van der Waals surface area contributed by atoms with E-state index < -0.39 is 10.0 Å². The fourth-order valence-corrected chi connectivity index (χ4v) is 5.42. The normalized spacial score (nSPS) is 19.3. The number of amides is 1. The van der Waals surface area contributed by atoms with Crippen molar-refractivity contribution >= 4 is 21.6 Å². The molecule has 29 heavy (non-hydrogen) atoms. The second-order valence-electron chi connectivity index (χ2n) is 7.68. The number of carbonyl (C=O) groups is 1. The lowest BCUT2D eigenvalue weighted by atomic mass is 9.98. The molecule has 2 aromatic carbocycles. The molecule has 2 aliphatic rings. The third kappa shape index (κ3) is 4.11. The molecule has 1 saturated heterocycles. The van der Waals surface area contributed by atoms with E-state index in [-0.39, 0.29) is 11.8 Å². The predicted molar refractivity (Wildman–Crippen MR) is 112 cm³/mol. The molecule has 6 nitrogen and oxygen atoms in total. The van der Waals surface area contributed by atoms with E-state index in [2.05, 4.69) is 16.6 Å². The molecule has 0 saturated carbocycles. The number of nitrogens with zero attached hydrogens (tertiary/aromatic N) is 2. The van der Waals surface area contributed by atoms with Gasteiger partial charge in [-0.1, -0.05) is 42.0 Å². The SMILES string of the molecule is Cc1ccc(S(=O)(=O)N2CCC(C(=O)NN=C3CCc4ccccc43)CC2)cc1. The Balaban J connectivity index is 1.35. The number of sulfonamides is 1. The lowest BCUT2D eigenvalue weighted by Gasteiger charge is -2.30. The van der Waals surface area contributed by atoms with Crippen LogP contribution in [0.25, 0.3) is 0 Å². The minimum Gasteiger partial charge on any atom is -0.273 e. The fourth-order valence-electron chi connectivity index (χ4n) is 3.96. The molecule has 1 N–H and O–H groups in total. The first-order valence-corrected chi connectivity index (χ1v) is 11.4. The summed E-state index contributed by atoms with van der Waals surface area (Å²) >= 11 is 0. The zero-order chi connectivity index (χ0) is 20.4. The largest absolute Gasteiger partial charge is 0.273 e. The third-order valence-electron chi connectivity index (χ3n) is 5.74. The Labute approximate surface area is 171 Å². The monoisotopic (exact) mass is 411 g/mol. The number of piperidine rings is 1. The van der Waals surface area contributed by atoms with Crippen molar-refractivity contribution in [1.29, 1.82) is 0 Å². The molecule has 1 aliphatic carbocycles. The Morgan fingerprint density at radius 1 is 1.03 bits per heavy atom. The van der Waals surface area contributed by atoms with E-state index in [1.807, 2.05) is 25.1 Å². The fraction of sp³-hybridized carbons (Fsp3) is 0.364. The summed E-state index contributed by atoms with van der Waals surface area (Å²) in [6, 6.07) is 15.0. The van der Waals surface area contributed by atoms with Gasteiger partial charge in [-0.3, -0.25) is 4.79 Å². The van der Waals surface area contributed by atoms with Crippen LogP contribution in [0.3, 0.4) is 0 Å². The van der Waals surface area contributed by atoms with Gasteiger partial charge in [-0.15, -0.1) is 0 Å². The van der Waals surface area contributed by atoms with E-state index >= 15 is 0 Å². The number of rotatable bonds is 4. The number of nitrogens with one attached hydrogen (secondary N) is 1. The van der Waals surface area contributed by atoms with Crippen molar-refractivity contribution in [2.75, 3.05) is 13.1 Å². The standard InChI is InChI=1S/C22H25N3O3S/c1-16-6-9-19(10-7-16)29(27,28)25-14-12-18(13-15-25)22(26)24-23-21-11-8-17-4-2-3-5-20(17)21/h2-7,9-10,18H,8,11-15H2,1H3,(H,24,26). The Morgan fingerprint density at radius 2 is 1.72 bits per heavy atom. The van der Waals surface area contributed by atoms with Gasteiger partial charge in [-0.2, -0.15) is 9.41 Å². The molecule has 1 aliphatic heterocycles. The molecule has 2 aromatic rings. The van der Waals surface area contributed by atoms with E-state index in [0.717, 1.165) is 29.7 Å². The summed E-state index contributed by atoms with van der Waals surface area (Å²) in [4.78, 5) is 12.8. The highest BCUT2D eigenvalue weighted by Crippen LogP contribution is 2.25. The summed E-state index contributed by atoms with van der Waals surface area (Å²) in [6.07, 6.45) is 2.77. The highest BCUT2D eigenvalue weighted by molar-refractivity contribution is 7.89. The van der Waals surface area contributed by atoms with Gasteiger partial charge in [0.05, 0.1) is 10.6 Å². The maximum atomic E-state index is 12.8. The third-order valence-corrected chi connectivity index (χ3v) is 7.66. The van der Waals surface area contributed by atoms with Crippen LogP contribution in [0.4, 0.5) is 0 Å². The summed E-state index contributed by atoms with van der Waals surface area (Å²) < 4.78 is 27.1. The second kappa shape index (κ2) is 8.08. The zero-order valence-corrected chi connectivity index (χ0v) is 17.3. The Hall–Kier alpha value is -2.51. The molecule has 0 atom stereocenters. The molecule has 1 heterocycles. The minimum atomic E-state index is -3.51. The first-order valence-electron chi connectivity index (χ1n) is 9.96. The predicted octanol–water partition coefficient (Wildman–Crippen LogP) is 2.86. The number of carbonyl (C=O) groups excluding carboxylic acids is 1. The topological polar surface area (TPSA) is 78.8 Å². The molecule has 0 aromatic heterocycles. The highest BCUT2D eigenvalue weighted by Gasteiger charge is 2.32. The second-order valence-corrected chi connectivity index (χ2v) is 9.62. The van der Waals surface area contributed by atoms with Gasteiger partial charge >= 0.3 is 0 Å². The van der Waals surface area contributed by atoms with Crippen LogP contribution < -0.4 is 5.43 Å². The lowest BCUT2D eigenvalue weighted by Crippen LogP contribution is -2.42. The Kier molecular flexibility index (Phi) is 5.52. The van der Waals surface area contributed by atoms with Crippen molar-refractivity contribution in [3.8, 4) is 0 Å². The smallest absolute Gasteiger partial charge is 0.243 e. The van der Waals surface area contributed by atoms with E-state index in [4.69, 9.17) is 0 Å². The molecule has 1 amide bonds. The van der Waals surface area contributed by atoms with Gasteiger partial charge in [0.15, 0.2) is 0 Å². The maximum Gasteiger partial charge on any atom is 0.243 e. The summed E-state index contributed by atoms with van der Waals surface area (Å²) in [5, 5.41) is 4.35. The lowest BCUT2D eigenvalue weighted by molar-refractivity contribution is -0.126. The van der Waals surface area contributed by atoms with E-state index in [0.29, 0.717) is 30.8 Å². The van der Waals surface area contributed by atoms with Crippen molar-refractivity contribution in [2.24, 2.45) is 11.0 Å². The summed E-state index contributed by atoms with van der Waals surface area (Å²) in [5.41, 5.74) is 7.00. The van der Waals surface area contributed by atoms with Gasteiger partial charge in [0.25, 0.3) is 0 Å². The van der Waals surface area contributed by atoms with Crippen LogP contribution >= 0.6 is 0 Å². The maximum absolute atomic E-state index is 12.8. The zero-order valence-electron chi connectivity index (χ0n) is 16.5. The van der Waals surface area contributed by atoms with Crippen LogP contribution in [0.15, 0.2) is 58.5 Å². The van der Waals surface area contributed by atoms with E-state index in [1.54, 1.807) is 24.3 Å². The molecule has 0 radical (unpaired) electrons. The number of hydrazone groups is 1. The highest BCUT2D eigenvalue weighted by atomic mass is 32.2. The summed E-state index contributed by atoms with van der Waals surface area (Å²) in [7, 11) is -3.51. The van der Waals surface area contributed by atoms with Crippen molar-refractivity contribution < 1.29 is 13.2 Å². The van der Waals surface area contributed by atoms with Crippen LogP contribution in [0, 0.1) is 12.8 Å². The van der Waals surface area contributed by atoms with Gasteiger partial charge < -0.3 is 0 Å². The molecule has 4 rings (SSSR count). The summed E-state index contributed by atoms with van der Waals surface area (Å²) in [6.45, 7) is 2.61. The van der Waals surface area contributed by atoms with Crippen LogP contribution in [-0.2, 0) is 21.2 Å². The Morgan fingerprint density at radius 3 is 2.45 bits per heavy atom. The number of benzene rings is 2. The molecule has 0 spiro atoms. The van der Waals surface area contributed by atoms with Crippen molar-refractivity contribution in [1.82, 2.24) is 9.73 Å². The van der Waals surface area contributed by atoms with Crippen molar-refractivity contribution in [3.05, 3.63) is 65.2 Å². The molecular formula is C22H25N3O3S. The first-order chi connectivity index (χ1) is 13.9. The quantitative estimate of drug-likeness (QED) is 0.786. The van der Waals surface area contributed by atoms with Gasteiger partial charge in [-0.25, -0.2) is 13.8 Å². The number of hydrogen-bond acceptors (Lipinski definition) is 4. The molecule has 152 valence electrons. The number of aryl methyl sites for hydroxylation is 2. The van der Waals surface area contributed by atoms with Gasteiger partial charge in [0.1, 0.15) is 0 Å². The van der Waals surface area contributed by atoms with Crippen LogP contribution in [-0.4, -0.2) is 37.4 Å². The molecule has 7 heteroatoms. The number of hydrogen-bond donors (Lipinski definition) is 1. The van der Waals surface area contributed by atoms with Gasteiger partial charge in [-0.05, 0) is 50.3 Å². The molecule has 1 fully saturated rings. The molecule has 0 unspecified atom stereocenters. The molecule has 0 bridgehead atoms. The van der Waals surface area contributed by atoms with Crippen LogP contribution in [0.1, 0.15) is 36.0 Å². The average molecular weight is 412 g/mol. The average Bonchev–Trinajstić information content (AvgIpc) is 3.15. The Bertz CT molecular complexity index is 1040. The first kappa shape index (κ1) is 19.8. The summed E-state index contributed by atoms with van der Waals surface area (Å²) in [5.74, 6) is -0.352. The van der Waals surface area contributed by atoms with Crippen molar-refractivity contribution in [2.45, 2.75) is 37.5 Å². The van der Waals surface area contributed by atoms with Crippen LogP contribution in [0.5, 0.6) is 0 Å². The van der Waals surface area contributed by atoms with Crippen LogP contribution in [0.2, 0.25) is 0 Å². The van der Waals surface area contributed by atoms with E-state index in [1.165, 1.54) is 9.87 Å². The van der Waals surface area contributed by atoms with Gasteiger partial charge in [0.2, 0.25) is 15.9 Å². The molecular weight excluding hydrogens is 386 g/mol. The minimum absolute atomic E-state index is 0.130. The van der Waals surface area contributed by atoms with Crippen molar-refractivity contribution in [3.63, 3.8) is 0 Å². The van der Waals surface area contributed by atoms with E-state index in [9.17, 15) is 13.2 Å². The van der Waals surface area contributed by atoms with Gasteiger partial charge in [0, 0.05) is 24.6 Å². The number of fused-ring (bicyclic) bond motifs is 1.